The van der Waals surface area contributed by atoms with Crippen LogP contribution < -0.4 is 10.5 Å². The average molecular weight is 418 g/mol. The molecule has 30 heavy (non-hydrogen) atoms. The van der Waals surface area contributed by atoms with Crippen molar-refractivity contribution in [2.45, 2.75) is 45.1 Å². The third kappa shape index (κ3) is 5.08. The number of ether oxygens (including phenoxy) is 2. The van der Waals surface area contributed by atoms with Gasteiger partial charge in [-0.25, -0.2) is 14.2 Å². The van der Waals surface area contributed by atoms with Crippen LogP contribution in [0.4, 0.5) is 9.18 Å². The van der Waals surface area contributed by atoms with Crippen molar-refractivity contribution in [2.75, 3.05) is 13.1 Å². The van der Waals surface area contributed by atoms with Gasteiger partial charge in [-0.2, -0.15) is 0 Å². The molecule has 3 rings (SSSR count). The van der Waals surface area contributed by atoms with E-state index >= 15 is 0 Å². The van der Waals surface area contributed by atoms with E-state index in [-0.39, 0.29) is 30.8 Å². The van der Waals surface area contributed by atoms with Crippen LogP contribution in [0.2, 0.25) is 0 Å². The average Bonchev–Trinajstić information content (AvgIpc) is 3.08. The molecule has 0 unspecified atom stereocenters. The molecule has 2 atom stereocenters. The van der Waals surface area contributed by atoms with E-state index in [9.17, 15) is 14.0 Å². The first-order valence-electron chi connectivity index (χ1n) is 9.74. The fourth-order valence-corrected chi connectivity index (χ4v) is 3.22. The molecule has 0 aliphatic carbocycles. The molecule has 2 heterocycles. The van der Waals surface area contributed by atoms with Crippen LogP contribution in [-0.2, 0) is 11.8 Å². The second-order valence-corrected chi connectivity index (χ2v) is 8.39. The zero-order chi connectivity index (χ0) is 22.1. The number of rotatable bonds is 4. The number of aryl methyl sites for hydroxylation is 1. The van der Waals surface area contributed by atoms with Crippen LogP contribution in [0.5, 0.6) is 5.75 Å². The molecular formula is C21H27FN4O4. The number of likely N-dealkylation sites (tertiary alicyclic amines) is 1. The molecule has 162 valence electrons. The molecule has 0 saturated carbocycles. The summed E-state index contributed by atoms with van der Waals surface area (Å²) in [7, 11) is 1.84. The van der Waals surface area contributed by atoms with Gasteiger partial charge in [0.2, 0.25) is 0 Å². The minimum absolute atomic E-state index is 0.141. The van der Waals surface area contributed by atoms with E-state index in [0.717, 1.165) is 0 Å². The van der Waals surface area contributed by atoms with E-state index in [0.29, 0.717) is 11.3 Å². The number of benzene rings is 1. The molecule has 1 saturated heterocycles. The topological polar surface area (TPSA) is 99.7 Å². The molecule has 1 aliphatic heterocycles. The third-order valence-electron chi connectivity index (χ3n) is 4.66. The predicted octanol–water partition coefficient (Wildman–Crippen LogP) is 2.91. The number of alkyl halides is 1. The molecule has 2 aromatic rings. The van der Waals surface area contributed by atoms with Crippen molar-refractivity contribution in [1.82, 2.24) is 14.5 Å². The van der Waals surface area contributed by atoms with E-state index in [1.165, 1.54) is 4.90 Å². The van der Waals surface area contributed by atoms with Crippen molar-refractivity contribution in [1.29, 1.82) is 0 Å². The van der Waals surface area contributed by atoms with Gasteiger partial charge in [-0.15, -0.1) is 0 Å². The van der Waals surface area contributed by atoms with Gasteiger partial charge in [-0.05, 0) is 39.0 Å². The number of carbonyl (C=O) groups is 2. The lowest BCUT2D eigenvalue weighted by Crippen LogP contribution is -2.50. The Morgan fingerprint density at radius 1 is 1.30 bits per heavy atom. The lowest BCUT2D eigenvalue weighted by molar-refractivity contribution is -0.0106. The van der Waals surface area contributed by atoms with Gasteiger partial charge in [0.25, 0.3) is 5.91 Å². The Morgan fingerprint density at radius 2 is 2.03 bits per heavy atom. The third-order valence-corrected chi connectivity index (χ3v) is 4.66. The quantitative estimate of drug-likeness (QED) is 0.823. The highest BCUT2D eigenvalue weighted by atomic mass is 19.1. The lowest BCUT2D eigenvalue weighted by Gasteiger charge is -2.35. The molecule has 1 aromatic heterocycles. The number of hydrogen-bond acceptors (Lipinski definition) is 5. The molecule has 1 aliphatic rings. The molecule has 2 amide bonds. The summed E-state index contributed by atoms with van der Waals surface area (Å²) >= 11 is 0. The van der Waals surface area contributed by atoms with Crippen molar-refractivity contribution in [3.63, 3.8) is 0 Å². The minimum Gasteiger partial charge on any atom is -0.486 e. The zero-order valence-corrected chi connectivity index (χ0v) is 17.6. The monoisotopic (exact) mass is 418 g/mol. The van der Waals surface area contributed by atoms with Crippen molar-refractivity contribution in [2.24, 2.45) is 12.8 Å². The van der Waals surface area contributed by atoms with Crippen molar-refractivity contribution >= 4 is 12.0 Å². The van der Waals surface area contributed by atoms with Gasteiger partial charge >= 0.3 is 6.09 Å². The number of aromatic nitrogens is 2. The van der Waals surface area contributed by atoms with Crippen molar-refractivity contribution in [3.8, 4) is 17.0 Å². The number of halogens is 1. The van der Waals surface area contributed by atoms with Gasteiger partial charge in [0.05, 0.1) is 24.1 Å². The summed E-state index contributed by atoms with van der Waals surface area (Å²) in [6.07, 6.45) is 0.937. The second-order valence-electron chi connectivity index (χ2n) is 8.39. The second kappa shape index (κ2) is 8.33. The number of piperidine rings is 1. The van der Waals surface area contributed by atoms with E-state index in [1.54, 1.807) is 49.9 Å². The summed E-state index contributed by atoms with van der Waals surface area (Å²) in [5, 5.41) is 0. The van der Waals surface area contributed by atoms with Gasteiger partial charge in [0.15, 0.2) is 6.17 Å². The van der Waals surface area contributed by atoms with Crippen LogP contribution in [-0.4, -0.2) is 57.4 Å². The highest BCUT2D eigenvalue weighted by Crippen LogP contribution is 2.29. The van der Waals surface area contributed by atoms with Gasteiger partial charge in [-0.1, -0.05) is 0 Å². The van der Waals surface area contributed by atoms with Crippen LogP contribution in [0.1, 0.15) is 37.6 Å². The standard InChI is InChI=1S/C21H27FN4O4/c1-21(2,3)30-20(28)26-8-7-18(15(22)10-26)29-17-6-5-13(9-14(17)19(23)27)16-11-25(4)12-24-16/h5-6,9,11-12,15,18H,7-8,10H2,1-4H3,(H2,23,27)/t15-,18+/m0/s1. The van der Waals surface area contributed by atoms with Gasteiger partial charge in [-0.3, -0.25) is 4.79 Å². The number of nitrogens with two attached hydrogens (primary N) is 1. The number of carbonyl (C=O) groups excluding carboxylic acids is 2. The van der Waals surface area contributed by atoms with Crippen molar-refractivity contribution < 1.29 is 23.5 Å². The Labute approximate surface area is 174 Å². The maximum Gasteiger partial charge on any atom is 0.410 e. The minimum atomic E-state index is -1.43. The van der Waals surface area contributed by atoms with Crippen molar-refractivity contribution in [3.05, 3.63) is 36.3 Å². The molecular weight excluding hydrogens is 391 g/mol. The Balaban J connectivity index is 1.72. The van der Waals surface area contributed by atoms with Crippen LogP contribution >= 0.6 is 0 Å². The molecule has 2 N–H and O–H groups in total. The summed E-state index contributed by atoms with van der Waals surface area (Å²) in [4.78, 5) is 29.7. The van der Waals surface area contributed by atoms with E-state index in [2.05, 4.69) is 4.98 Å². The highest BCUT2D eigenvalue weighted by molar-refractivity contribution is 5.97. The Morgan fingerprint density at radius 3 is 2.60 bits per heavy atom. The molecule has 1 aromatic carbocycles. The fourth-order valence-electron chi connectivity index (χ4n) is 3.22. The molecule has 8 nitrogen and oxygen atoms in total. The van der Waals surface area contributed by atoms with Gasteiger partial charge in [0.1, 0.15) is 17.5 Å². The SMILES string of the molecule is Cn1cnc(-c2ccc(O[C@@H]3CCN(C(=O)OC(C)(C)C)C[C@@H]3F)c(C(N)=O)c2)c1. The zero-order valence-electron chi connectivity index (χ0n) is 17.6. The van der Waals surface area contributed by atoms with E-state index < -0.39 is 29.9 Å². The normalized spacial score (nSPS) is 19.4. The predicted molar refractivity (Wildman–Crippen MR) is 109 cm³/mol. The van der Waals surface area contributed by atoms with Crippen LogP contribution in [0.25, 0.3) is 11.3 Å². The summed E-state index contributed by atoms with van der Waals surface area (Å²) in [6.45, 7) is 5.42. The smallest absolute Gasteiger partial charge is 0.410 e. The number of imidazole rings is 1. The van der Waals surface area contributed by atoms with Crippen LogP contribution in [0.3, 0.4) is 0 Å². The highest BCUT2D eigenvalue weighted by Gasteiger charge is 2.35. The number of primary amides is 1. The maximum absolute atomic E-state index is 14.8. The Hall–Kier alpha value is -3.10. The maximum atomic E-state index is 14.8. The lowest BCUT2D eigenvalue weighted by atomic mass is 10.0. The largest absolute Gasteiger partial charge is 0.486 e. The first-order valence-corrected chi connectivity index (χ1v) is 9.74. The Kier molecular flexibility index (Phi) is 6.00. The molecule has 0 radical (unpaired) electrons. The first-order chi connectivity index (χ1) is 14.0. The molecule has 1 fully saturated rings. The number of nitrogens with zero attached hydrogens (tertiary/aromatic N) is 3. The first kappa shape index (κ1) is 21.6. The van der Waals surface area contributed by atoms with Gasteiger partial charge < -0.3 is 24.7 Å². The summed E-state index contributed by atoms with van der Waals surface area (Å²) in [5.41, 5.74) is 6.40. The fraction of sp³-hybridized carbons (Fsp3) is 0.476. The van der Waals surface area contributed by atoms with E-state index in [1.807, 2.05) is 13.2 Å². The number of hydrogen-bond donors (Lipinski definition) is 1. The molecule has 0 spiro atoms. The van der Waals surface area contributed by atoms with Crippen LogP contribution in [0.15, 0.2) is 30.7 Å². The van der Waals surface area contributed by atoms with Crippen LogP contribution in [0, 0.1) is 0 Å². The summed E-state index contributed by atoms with van der Waals surface area (Å²) < 4.78 is 27.6. The summed E-state index contributed by atoms with van der Waals surface area (Å²) in [6, 6.07) is 4.92. The van der Waals surface area contributed by atoms with E-state index in [4.69, 9.17) is 15.2 Å². The van der Waals surface area contributed by atoms with Gasteiger partial charge in [0, 0.05) is 31.8 Å². The number of amides is 2. The molecule has 0 bridgehead atoms. The summed E-state index contributed by atoms with van der Waals surface area (Å²) in [5.74, 6) is -0.468. The Bertz CT molecular complexity index is 937. The molecule has 9 heteroatoms.